The number of anilines is 1. The number of rotatable bonds is 4. The number of carboxylic acid groups (broad SMARTS) is 1. The van der Waals surface area contributed by atoms with E-state index in [2.05, 4.69) is 15.5 Å². The fourth-order valence-corrected chi connectivity index (χ4v) is 1.66. The highest BCUT2D eigenvalue weighted by Crippen LogP contribution is 2.26. The van der Waals surface area contributed by atoms with Gasteiger partial charge in [-0.05, 0) is 30.3 Å². The molecule has 0 saturated heterocycles. The van der Waals surface area contributed by atoms with Gasteiger partial charge in [-0.15, -0.1) is 10.2 Å². The summed E-state index contributed by atoms with van der Waals surface area (Å²) in [5.74, 6) is -1.34. The number of hydrogen-bond acceptors (Lipinski definition) is 5. The van der Waals surface area contributed by atoms with Gasteiger partial charge in [-0.2, -0.15) is 0 Å². The Bertz CT molecular complexity index is 688. The number of aromatic nitrogens is 2. The maximum absolute atomic E-state index is 12.0. The number of aromatic carboxylic acids is 1. The zero-order valence-corrected chi connectivity index (χ0v) is 11.6. The molecule has 0 fully saturated rings. The smallest absolute Gasteiger partial charge is 0.335 e. The second-order valence-electron chi connectivity index (χ2n) is 3.92. The van der Waals surface area contributed by atoms with E-state index < -0.39 is 11.9 Å². The van der Waals surface area contributed by atoms with Crippen molar-refractivity contribution in [3.63, 3.8) is 0 Å². The van der Waals surface area contributed by atoms with Gasteiger partial charge >= 0.3 is 5.97 Å². The number of ether oxygens (including phenoxy) is 1. The number of carbonyl (C=O) groups excluding carboxylic acids is 1. The van der Waals surface area contributed by atoms with Crippen molar-refractivity contribution in [3.05, 3.63) is 46.7 Å². The fourth-order valence-electron chi connectivity index (χ4n) is 1.56. The topological polar surface area (TPSA) is 101 Å². The highest BCUT2D eigenvalue weighted by atomic mass is 35.5. The molecular weight excluding hydrogens is 298 g/mol. The van der Waals surface area contributed by atoms with Crippen LogP contribution < -0.4 is 10.1 Å². The van der Waals surface area contributed by atoms with Crippen molar-refractivity contribution in [2.45, 2.75) is 0 Å². The summed E-state index contributed by atoms with van der Waals surface area (Å²) in [6.45, 7) is 0. The van der Waals surface area contributed by atoms with Gasteiger partial charge in [0.15, 0.2) is 10.8 Å². The van der Waals surface area contributed by atoms with Crippen LogP contribution in [0.2, 0.25) is 5.15 Å². The van der Waals surface area contributed by atoms with Crippen molar-refractivity contribution in [2.75, 3.05) is 12.4 Å². The molecule has 8 heteroatoms. The van der Waals surface area contributed by atoms with E-state index in [4.69, 9.17) is 21.4 Å². The van der Waals surface area contributed by atoms with Gasteiger partial charge in [0, 0.05) is 0 Å². The first-order valence-corrected chi connectivity index (χ1v) is 6.11. The summed E-state index contributed by atoms with van der Waals surface area (Å²) >= 11 is 5.59. The Labute approximate surface area is 124 Å². The van der Waals surface area contributed by atoms with Crippen molar-refractivity contribution in [1.82, 2.24) is 10.2 Å². The fraction of sp³-hybridized carbons (Fsp3) is 0.0769. The lowest BCUT2D eigenvalue weighted by atomic mass is 10.2. The van der Waals surface area contributed by atoms with Crippen LogP contribution in [0.3, 0.4) is 0 Å². The van der Waals surface area contributed by atoms with Crippen molar-refractivity contribution >= 4 is 29.2 Å². The minimum Gasteiger partial charge on any atom is -0.495 e. The van der Waals surface area contributed by atoms with Crippen LogP contribution >= 0.6 is 11.6 Å². The first-order chi connectivity index (χ1) is 10.0. The molecule has 1 aromatic heterocycles. The van der Waals surface area contributed by atoms with E-state index in [1.807, 2.05) is 0 Å². The van der Waals surface area contributed by atoms with Gasteiger partial charge in [-0.25, -0.2) is 4.79 Å². The molecule has 0 atom stereocenters. The highest BCUT2D eigenvalue weighted by Gasteiger charge is 2.14. The minimum atomic E-state index is -1.11. The maximum Gasteiger partial charge on any atom is 0.335 e. The number of nitrogens with one attached hydrogen (secondary N) is 1. The van der Waals surface area contributed by atoms with Crippen LogP contribution in [0.15, 0.2) is 30.3 Å². The Morgan fingerprint density at radius 2 is 2.00 bits per heavy atom. The van der Waals surface area contributed by atoms with E-state index in [-0.39, 0.29) is 22.1 Å². The van der Waals surface area contributed by atoms with Crippen LogP contribution in [0.25, 0.3) is 0 Å². The molecule has 0 aliphatic heterocycles. The van der Waals surface area contributed by atoms with Gasteiger partial charge in [0.1, 0.15) is 5.75 Å². The van der Waals surface area contributed by atoms with Crippen molar-refractivity contribution < 1.29 is 19.4 Å². The largest absolute Gasteiger partial charge is 0.495 e. The lowest BCUT2D eigenvalue weighted by molar-refractivity contribution is 0.0696. The number of methoxy groups -OCH3 is 1. The molecule has 0 bridgehead atoms. The predicted molar refractivity (Wildman–Crippen MR) is 74.9 cm³/mol. The number of amides is 1. The minimum absolute atomic E-state index is 0.0216. The number of halogens is 1. The molecule has 21 heavy (non-hydrogen) atoms. The van der Waals surface area contributed by atoms with Gasteiger partial charge in [-0.1, -0.05) is 11.6 Å². The predicted octanol–water partition coefficient (Wildman–Crippen LogP) is 2.09. The molecule has 1 aromatic carbocycles. The van der Waals surface area contributed by atoms with E-state index in [9.17, 15) is 9.59 Å². The van der Waals surface area contributed by atoms with Crippen LogP contribution in [0.5, 0.6) is 5.75 Å². The maximum atomic E-state index is 12.0. The molecular formula is C13H10ClN3O4. The normalized spacial score (nSPS) is 10.0. The van der Waals surface area contributed by atoms with Crippen LogP contribution in [0.1, 0.15) is 20.8 Å². The third-order valence-electron chi connectivity index (χ3n) is 2.56. The van der Waals surface area contributed by atoms with Gasteiger partial charge in [-0.3, -0.25) is 4.79 Å². The molecule has 108 valence electrons. The zero-order valence-electron chi connectivity index (χ0n) is 10.8. The molecule has 2 N–H and O–H groups in total. The summed E-state index contributed by atoms with van der Waals surface area (Å²) in [4.78, 5) is 23.0. The number of benzene rings is 1. The Balaban J connectivity index is 2.29. The zero-order chi connectivity index (χ0) is 15.4. The lowest BCUT2D eigenvalue weighted by Gasteiger charge is -2.10. The van der Waals surface area contributed by atoms with E-state index in [0.717, 1.165) is 0 Å². The van der Waals surface area contributed by atoms with Crippen LogP contribution in [0.4, 0.5) is 5.69 Å². The SMILES string of the molecule is COc1ccc(C(=O)O)cc1NC(=O)c1ccc(Cl)nn1. The van der Waals surface area contributed by atoms with Gasteiger partial charge in [0.05, 0.1) is 18.4 Å². The van der Waals surface area contributed by atoms with Crippen LogP contribution in [-0.4, -0.2) is 34.3 Å². The molecule has 1 heterocycles. The molecule has 7 nitrogen and oxygen atoms in total. The van der Waals surface area contributed by atoms with Gasteiger partial charge < -0.3 is 15.2 Å². The quantitative estimate of drug-likeness (QED) is 0.896. The third-order valence-corrected chi connectivity index (χ3v) is 2.76. The number of hydrogen-bond donors (Lipinski definition) is 2. The molecule has 0 aliphatic rings. The number of carbonyl (C=O) groups is 2. The number of carboxylic acids is 1. The van der Waals surface area contributed by atoms with Crippen molar-refractivity contribution in [1.29, 1.82) is 0 Å². The first kappa shape index (κ1) is 14.7. The Morgan fingerprint density at radius 3 is 2.57 bits per heavy atom. The van der Waals surface area contributed by atoms with E-state index in [1.54, 1.807) is 0 Å². The summed E-state index contributed by atoms with van der Waals surface area (Å²) in [7, 11) is 1.41. The molecule has 0 saturated carbocycles. The number of nitrogens with zero attached hydrogens (tertiary/aromatic N) is 2. The summed E-state index contributed by atoms with van der Waals surface area (Å²) in [6, 6.07) is 6.94. The van der Waals surface area contributed by atoms with Gasteiger partial charge in [0.2, 0.25) is 0 Å². The first-order valence-electron chi connectivity index (χ1n) is 5.73. The molecule has 0 radical (unpaired) electrons. The van der Waals surface area contributed by atoms with E-state index in [0.29, 0.717) is 5.75 Å². The van der Waals surface area contributed by atoms with Crippen LogP contribution in [0, 0.1) is 0 Å². The molecule has 0 spiro atoms. The second kappa shape index (κ2) is 6.19. The summed E-state index contributed by atoms with van der Waals surface area (Å²) in [5, 5.41) is 18.8. The molecule has 0 unspecified atom stereocenters. The van der Waals surface area contributed by atoms with E-state index >= 15 is 0 Å². The molecule has 1 amide bonds. The van der Waals surface area contributed by atoms with Crippen molar-refractivity contribution in [2.24, 2.45) is 0 Å². The second-order valence-corrected chi connectivity index (χ2v) is 4.30. The Kier molecular flexibility index (Phi) is 4.34. The molecule has 2 rings (SSSR count). The molecule has 2 aromatic rings. The van der Waals surface area contributed by atoms with Crippen LogP contribution in [-0.2, 0) is 0 Å². The summed E-state index contributed by atoms with van der Waals surface area (Å²) in [6.07, 6.45) is 0. The Hall–Kier alpha value is -2.67. The monoisotopic (exact) mass is 307 g/mol. The summed E-state index contributed by atoms with van der Waals surface area (Å²) < 4.78 is 5.07. The summed E-state index contributed by atoms with van der Waals surface area (Å²) in [5.41, 5.74) is 0.287. The average molecular weight is 308 g/mol. The molecule has 0 aliphatic carbocycles. The van der Waals surface area contributed by atoms with E-state index in [1.165, 1.54) is 37.4 Å². The van der Waals surface area contributed by atoms with Gasteiger partial charge in [0.25, 0.3) is 5.91 Å². The van der Waals surface area contributed by atoms with Crippen molar-refractivity contribution in [3.8, 4) is 5.75 Å². The Morgan fingerprint density at radius 1 is 1.24 bits per heavy atom. The standard InChI is InChI=1S/C13H10ClN3O4/c1-21-10-4-2-7(13(19)20)6-9(10)15-12(18)8-3-5-11(14)17-16-8/h2-6H,1H3,(H,15,18)(H,19,20). The lowest BCUT2D eigenvalue weighted by Crippen LogP contribution is -2.15. The average Bonchev–Trinajstić information content (AvgIpc) is 2.47. The third kappa shape index (κ3) is 3.46. The highest BCUT2D eigenvalue weighted by molar-refractivity contribution is 6.29.